The average molecular weight is 232 g/mol. The normalized spacial score (nSPS) is 12.3. The summed E-state index contributed by atoms with van der Waals surface area (Å²) in [7, 11) is 0. The molecule has 0 saturated carbocycles. The first kappa shape index (κ1) is 11.9. The number of nitrogens with one attached hydrogen (secondary N) is 1. The lowest BCUT2D eigenvalue weighted by Gasteiger charge is -2.15. The smallest absolute Gasteiger partial charge is 0.217 e. The summed E-state index contributed by atoms with van der Waals surface area (Å²) >= 11 is 5.58. The molecule has 1 aromatic carbocycles. The van der Waals surface area contributed by atoms with Crippen LogP contribution in [0.3, 0.4) is 0 Å². The Morgan fingerprint density at radius 2 is 2.33 bits per heavy atom. The van der Waals surface area contributed by atoms with Crippen molar-refractivity contribution in [3.63, 3.8) is 0 Å². The predicted molar refractivity (Wildman–Crippen MR) is 55.1 cm³/mol. The molecule has 0 spiro atoms. The first-order chi connectivity index (χ1) is 7.04. The highest BCUT2D eigenvalue weighted by atomic mass is 35.5. The SMILES string of the molecule is CC(=O)NC(CO)c1ccc(F)c(Cl)c1. The van der Waals surface area contributed by atoms with Gasteiger partial charge >= 0.3 is 0 Å². The van der Waals surface area contributed by atoms with Crippen LogP contribution in [0, 0.1) is 5.82 Å². The first-order valence-corrected chi connectivity index (χ1v) is 4.75. The van der Waals surface area contributed by atoms with E-state index in [1.165, 1.54) is 25.1 Å². The molecule has 1 atom stereocenters. The van der Waals surface area contributed by atoms with Gasteiger partial charge < -0.3 is 10.4 Å². The summed E-state index contributed by atoms with van der Waals surface area (Å²) in [5.74, 6) is -0.797. The third-order valence-electron chi connectivity index (χ3n) is 1.91. The second kappa shape index (κ2) is 5.09. The standard InChI is InChI=1S/C10H11ClFNO2/c1-6(15)13-10(5-14)7-2-3-9(12)8(11)4-7/h2-4,10,14H,5H2,1H3,(H,13,15). The molecule has 0 heterocycles. The van der Waals surface area contributed by atoms with Crippen molar-refractivity contribution in [3.8, 4) is 0 Å². The molecule has 0 aliphatic carbocycles. The summed E-state index contributed by atoms with van der Waals surface area (Å²) in [6, 6.07) is 3.49. The van der Waals surface area contributed by atoms with Crippen LogP contribution in [0.4, 0.5) is 4.39 Å². The Labute approximate surface area is 91.9 Å². The average Bonchev–Trinajstić information content (AvgIpc) is 2.18. The number of hydrogen-bond donors (Lipinski definition) is 2. The number of amides is 1. The van der Waals surface area contributed by atoms with Crippen LogP contribution in [0.15, 0.2) is 18.2 Å². The zero-order valence-corrected chi connectivity index (χ0v) is 8.88. The molecule has 0 aromatic heterocycles. The van der Waals surface area contributed by atoms with Gasteiger partial charge in [0, 0.05) is 6.92 Å². The van der Waals surface area contributed by atoms with Gasteiger partial charge in [-0.15, -0.1) is 0 Å². The number of carbonyl (C=O) groups excluding carboxylic acids is 1. The second-order valence-electron chi connectivity index (χ2n) is 3.11. The van der Waals surface area contributed by atoms with E-state index < -0.39 is 11.9 Å². The fourth-order valence-corrected chi connectivity index (χ4v) is 1.40. The Hall–Kier alpha value is -1.13. The van der Waals surface area contributed by atoms with Gasteiger partial charge in [0.05, 0.1) is 17.7 Å². The van der Waals surface area contributed by atoms with Gasteiger partial charge in [0.1, 0.15) is 5.82 Å². The van der Waals surface area contributed by atoms with Crippen molar-refractivity contribution >= 4 is 17.5 Å². The predicted octanol–water partition coefficient (Wildman–Crippen LogP) is 1.65. The minimum atomic E-state index is -0.555. The van der Waals surface area contributed by atoms with E-state index in [4.69, 9.17) is 16.7 Å². The van der Waals surface area contributed by atoms with E-state index in [-0.39, 0.29) is 17.5 Å². The van der Waals surface area contributed by atoms with Gasteiger partial charge in [-0.1, -0.05) is 17.7 Å². The lowest BCUT2D eigenvalue weighted by molar-refractivity contribution is -0.120. The van der Waals surface area contributed by atoms with Crippen LogP contribution in [0.2, 0.25) is 5.02 Å². The molecule has 0 aliphatic rings. The number of aliphatic hydroxyl groups excluding tert-OH is 1. The monoisotopic (exact) mass is 231 g/mol. The Bertz CT molecular complexity index is 370. The zero-order valence-electron chi connectivity index (χ0n) is 8.13. The third-order valence-corrected chi connectivity index (χ3v) is 2.20. The second-order valence-corrected chi connectivity index (χ2v) is 3.52. The van der Waals surface area contributed by atoms with Crippen LogP contribution < -0.4 is 5.32 Å². The molecule has 0 saturated heterocycles. The van der Waals surface area contributed by atoms with Crippen molar-refractivity contribution < 1.29 is 14.3 Å². The van der Waals surface area contributed by atoms with Crippen LogP contribution in [-0.2, 0) is 4.79 Å². The summed E-state index contributed by atoms with van der Waals surface area (Å²) in [5.41, 5.74) is 0.569. The molecule has 0 fully saturated rings. The van der Waals surface area contributed by atoms with Gasteiger partial charge in [0.15, 0.2) is 0 Å². The fourth-order valence-electron chi connectivity index (χ4n) is 1.21. The molecule has 82 valence electrons. The van der Waals surface area contributed by atoms with Gasteiger partial charge in [-0.05, 0) is 17.7 Å². The van der Waals surface area contributed by atoms with E-state index >= 15 is 0 Å². The van der Waals surface area contributed by atoms with Gasteiger partial charge in [-0.3, -0.25) is 4.79 Å². The molecular weight excluding hydrogens is 221 g/mol. The van der Waals surface area contributed by atoms with Crippen LogP contribution in [0.1, 0.15) is 18.5 Å². The van der Waals surface area contributed by atoms with Crippen molar-refractivity contribution in [1.29, 1.82) is 0 Å². The topological polar surface area (TPSA) is 49.3 Å². The summed E-state index contributed by atoms with van der Waals surface area (Å²) in [4.78, 5) is 10.8. The summed E-state index contributed by atoms with van der Waals surface area (Å²) in [6.45, 7) is 1.08. The van der Waals surface area contributed by atoms with E-state index in [1.54, 1.807) is 0 Å². The number of hydrogen-bond acceptors (Lipinski definition) is 2. The van der Waals surface area contributed by atoms with Crippen LogP contribution in [-0.4, -0.2) is 17.6 Å². The quantitative estimate of drug-likeness (QED) is 0.831. The summed E-state index contributed by atoms with van der Waals surface area (Å²) < 4.78 is 12.8. The van der Waals surface area contributed by atoms with Gasteiger partial charge in [-0.25, -0.2) is 4.39 Å². The number of aliphatic hydroxyl groups is 1. The van der Waals surface area contributed by atoms with Crippen molar-refractivity contribution in [2.75, 3.05) is 6.61 Å². The van der Waals surface area contributed by atoms with Crippen molar-refractivity contribution in [1.82, 2.24) is 5.32 Å². The number of carbonyl (C=O) groups is 1. The Morgan fingerprint density at radius 3 is 2.80 bits per heavy atom. The van der Waals surface area contributed by atoms with Gasteiger partial charge in [-0.2, -0.15) is 0 Å². The maximum Gasteiger partial charge on any atom is 0.217 e. The molecule has 5 heteroatoms. The van der Waals surface area contributed by atoms with E-state index in [0.29, 0.717) is 5.56 Å². The molecule has 3 nitrogen and oxygen atoms in total. The molecule has 15 heavy (non-hydrogen) atoms. The molecule has 0 aliphatic heterocycles. The fraction of sp³-hybridized carbons (Fsp3) is 0.300. The molecule has 1 amide bonds. The van der Waals surface area contributed by atoms with Crippen molar-refractivity contribution in [2.24, 2.45) is 0 Å². The number of halogens is 2. The van der Waals surface area contributed by atoms with Gasteiger partial charge in [0.2, 0.25) is 5.91 Å². The van der Waals surface area contributed by atoms with E-state index in [9.17, 15) is 9.18 Å². The maximum atomic E-state index is 12.8. The van der Waals surface area contributed by atoms with E-state index in [1.807, 2.05) is 0 Å². The largest absolute Gasteiger partial charge is 0.394 e. The number of benzene rings is 1. The summed E-state index contributed by atoms with van der Waals surface area (Å²) in [5, 5.41) is 11.5. The Balaban J connectivity index is 2.92. The molecule has 0 bridgehead atoms. The Kier molecular flexibility index (Phi) is 4.05. The van der Waals surface area contributed by atoms with Crippen molar-refractivity contribution in [3.05, 3.63) is 34.6 Å². The van der Waals surface area contributed by atoms with Crippen LogP contribution in [0.5, 0.6) is 0 Å². The van der Waals surface area contributed by atoms with Crippen LogP contribution in [0.25, 0.3) is 0 Å². The van der Waals surface area contributed by atoms with E-state index in [2.05, 4.69) is 5.32 Å². The minimum Gasteiger partial charge on any atom is -0.394 e. The minimum absolute atomic E-state index is 0.0312. The highest BCUT2D eigenvalue weighted by Gasteiger charge is 2.12. The summed E-state index contributed by atoms with van der Waals surface area (Å²) in [6.07, 6.45) is 0. The highest BCUT2D eigenvalue weighted by molar-refractivity contribution is 6.30. The highest BCUT2D eigenvalue weighted by Crippen LogP contribution is 2.20. The maximum absolute atomic E-state index is 12.8. The van der Waals surface area contributed by atoms with Crippen molar-refractivity contribution in [2.45, 2.75) is 13.0 Å². The molecule has 0 radical (unpaired) electrons. The lowest BCUT2D eigenvalue weighted by atomic mass is 10.1. The molecule has 1 unspecified atom stereocenters. The zero-order chi connectivity index (χ0) is 11.4. The van der Waals surface area contributed by atoms with Gasteiger partial charge in [0.25, 0.3) is 0 Å². The molecular formula is C10H11ClFNO2. The molecule has 2 N–H and O–H groups in total. The number of rotatable bonds is 3. The lowest BCUT2D eigenvalue weighted by Crippen LogP contribution is -2.28. The molecule has 1 aromatic rings. The van der Waals surface area contributed by atoms with E-state index in [0.717, 1.165) is 0 Å². The first-order valence-electron chi connectivity index (χ1n) is 4.37. The Morgan fingerprint density at radius 1 is 1.67 bits per heavy atom. The van der Waals surface area contributed by atoms with Crippen LogP contribution >= 0.6 is 11.6 Å². The third kappa shape index (κ3) is 3.18. The molecule has 1 rings (SSSR count).